The lowest BCUT2D eigenvalue weighted by Crippen LogP contribution is -2.23. The molecule has 1 N–H and O–H groups in total. The minimum atomic E-state index is -4.99. The number of para-hydroxylation sites is 3. The standard InChI is InChI=1S/C19H12ClF6N3O3/c20-11-5-1-3-7-13(11)29-17(9-15(28-29)18(21,22)23)31-10-16(30)27-12-6-2-4-8-14(12)32-19(24,25)26/h1-9H,10H2,(H,27,30). The van der Waals surface area contributed by atoms with E-state index in [1.54, 1.807) is 6.07 Å². The summed E-state index contributed by atoms with van der Waals surface area (Å²) in [5.74, 6) is -2.09. The molecule has 170 valence electrons. The van der Waals surface area contributed by atoms with Gasteiger partial charge in [0.25, 0.3) is 5.91 Å². The zero-order chi connectivity index (χ0) is 23.5. The van der Waals surface area contributed by atoms with Gasteiger partial charge >= 0.3 is 12.5 Å². The van der Waals surface area contributed by atoms with Crippen LogP contribution >= 0.6 is 11.6 Å². The van der Waals surface area contributed by atoms with Crippen molar-refractivity contribution >= 4 is 23.2 Å². The van der Waals surface area contributed by atoms with Crippen LogP contribution in [0.2, 0.25) is 5.02 Å². The van der Waals surface area contributed by atoms with Crippen LogP contribution in [0.25, 0.3) is 5.69 Å². The first-order valence-electron chi connectivity index (χ1n) is 8.63. The Kier molecular flexibility index (Phi) is 6.53. The van der Waals surface area contributed by atoms with Gasteiger partial charge in [-0.15, -0.1) is 13.2 Å². The van der Waals surface area contributed by atoms with Gasteiger partial charge in [-0.1, -0.05) is 35.9 Å². The number of ether oxygens (including phenoxy) is 2. The van der Waals surface area contributed by atoms with Gasteiger partial charge in [0.1, 0.15) is 0 Å². The molecule has 0 fully saturated rings. The number of carbonyl (C=O) groups is 1. The number of halogens is 7. The number of rotatable bonds is 6. The Balaban J connectivity index is 1.80. The molecule has 3 aromatic rings. The molecule has 1 aromatic heterocycles. The number of carbonyl (C=O) groups excluding carboxylic acids is 1. The summed E-state index contributed by atoms with van der Waals surface area (Å²) >= 11 is 6.01. The lowest BCUT2D eigenvalue weighted by Gasteiger charge is -2.14. The highest BCUT2D eigenvalue weighted by Crippen LogP contribution is 2.34. The van der Waals surface area contributed by atoms with Crippen molar-refractivity contribution < 1.29 is 40.6 Å². The van der Waals surface area contributed by atoms with E-state index in [0.717, 1.165) is 16.8 Å². The van der Waals surface area contributed by atoms with Crippen LogP contribution in [0.3, 0.4) is 0 Å². The molecule has 3 rings (SSSR count). The summed E-state index contributed by atoms with van der Waals surface area (Å²) in [7, 11) is 0. The number of nitrogens with zero attached hydrogens (tertiary/aromatic N) is 2. The Morgan fingerprint density at radius 2 is 1.69 bits per heavy atom. The van der Waals surface area contributed by atoms with Crippen LogP contribution in [0.5, 0.6) is 11.6 Å². The van der Waals surface area contributed by atoms with Crippen LogP contribution in [0.1, 0.15) is 5.69 Å². The van der Waals surface area contributed by atoms with Gasteiger partial charge in [0.2, 0.25) is 5.88 Å². The number of nitrogens with one attached hydrogen (secondary N) is 1. The summed E-state index contributed by atoms with van der Waals surface area (Å²) in [4.78, 5) is 12.2. The van der Waals surface area contributed by atoms with Crippen molar-refractivity contribution in [2.75, 3.05) is 11.9 Å². The first-order chi connectivity index (χ1) is 14.9. The van der Waals surface area contributed by atoms with E-state index in [9.17, 15) is 31.1 Å². The normalized spacial score (nSPS) is 11.8. The molecule has 0 spiro atoms. The average molecular weight is 480 g/mol. The molecule has 1 heterocycles. The van der Waals surface area contributed by atoms with Crippen molar-refractivity contribution in [1.29, 1.82) is 0 Å². The van der Waals surface area contributed by atoms with Crippen molar-refractivity contribution in [2.24, 2.45) is 0 Å². The molecule has 32 heavy (non-hydrogen) atoms. The van der Waals surface area contributed by atoms with Gasteiger partial charge in [-0.05, 0) is 24.3 Å². The third-order valence-corrected chi connectivity index (χ3v) is 4.11. The van der Waals surface area contributed by atoms with Crippen LogP contribution < -0.4 is 14.8 Å². The second-order valence-electron chi connectivity index (χ2n) is 6.11. The lowest BCUT2D eigenvalue weighted by atomic mass is 10.3. The molecular formula is C19H12ClF6N3O3. The maximum Gasteiger partial charge on any atom is 0.573 e. The van der Waals surface area contributed by atoms with Gasteiger partial charge in [0, 0.05) is 6.07 Å². The Labute approximate surface area is 181 Å². The molecule has 0 aliphatic carbocycles. The van der Waals surface area contributed by atoms with Gasteiger partial charge in [0.05, 0.1) is 16.4 Å². The van der Waals surface area contributed by atoms with Crippen LogP contribution in [-0.4, -0.2) is 28.7 Å². The third-order valence-electron chi connectivity index (χ3n) is 3.79. The Morgan fingerprint density at radius 3 is 2.34 bits per heavy atom. The fourth-order valence-electron chi connectivity index (χ4n) is 2.51. The summed E-state index contributed by atoms with van der Waals surface area (Å²) in [5, 5.41) is 5.65. The van der Waals surface area contributed by atoms with Crippen molar-refractivity contribution in [3.05, 3.63) is 65.3 Å². The quantitative estimate of drug-likeness (QED) is 0.477. The van der Waals surface area contributed by atoms with Gasteiger partial charge in [-0.3, -0.25) is 4.79 Å². The van der Waals surface area contributed by atoms with Crippen LogP contribution in [0.15, 0.2) is 54.6 Å². The molecular weight excluding hydrogens is 468 g/mol. The zero-order valence-corrected chi connectivity index (χ0v) is 16.4. The second-order valence-corrected chi connectivity index (χ2v) is 6.52. The Morgan fingerprint density at radius 1 is 1.03 bits per heavy atom. The van der Waals surface area contributed by atoms with E-state index in [1.807, 2.05) is 0 Å². The zero-order valence-electron chi connectivity index (χ0n) is 15.7. The van der Waals surface area contributed by atoms with E-state index in [4.69, 9.17) is 16.3 Å². The highest BCUT2D eigenvalue weighted by molar-refractivity contribution is 6.32. The van der Waals surface area contributed by atoms with Crippen molar-refractivity contribution in [1.82, 2.24) is 9.78 Å². The second kappa shape index (κ2) is 8.99. The number of hydrogen-bond donors (Lipinski definition) is 1. The maximum absolute atomic E-state index is 13.1. The summed E-state index contributed by atoms with van der Waals surface area (Å²) in [6, 6.07) is 11.2. The van der Waals surface area contributed by atoms with Crippen LogP contribution in [0, 0.1) is 0 Å². The number of alkyl halides is 6. The smallest absolute Gasteiger partial charge is 0.467 e. The molecule has 0 aliphatic heterocycles. The number of benzene rings is 2. The van der Waals surface area contributed by atoms with E-state index in [1.165, 1.54) is 30.3 Å². The molecule has 0 aliphatic rings. The predicted molar refractivity (Wildman–Crippen MR) is 101 cm³/mol. The first kappa shape index (κ1) is 23.3. The SMILES string of the molecule is O=C(COc1cc(C(F)(F)F)nn1-c1ccccc1Cl)Nc1ccccc1OC(F)(F)F. The van der Waals surface area contributed by atoms with Crippen LogP contribution in [-0.2, 0) is 11.0 Å². The fraction of sp³-hybridized carbons (Fsp3) is 0.158. The summed E-state index contributed by atoms with van der Waals surface area (Å²) in [5.41, 5.74) is -1.55. The fourth-order valence-corrected chi connectivity index (χ4v) is 2.73. The maximum atomic E-state index is 13.1. The van der Waals surface area contributed by atoms with Crippen molar-refractivity contribution in [3.63, 3.8) is 0 Å². The molecule has 0 bridgehead atoms. The number of aromatic nitrogens is 2. The molecule has 2 aromatic carbocycles. The number of anilines is 1. The highest BCUT2D eigenvalue weighted by Gasteiger charge is 2.36. The monoisotopic (exact) mass is 479 g/mol. The molecule has 0 unspecified atom stereocenters. The predicted octanol–water partition coefficient (Wildman–Crippen LogP) is 5.46. The first-order valence-corrected chi connectivity index (χ1v) is 9.01. The molecule has 0 atom stereocenters. The van der Waals surface area contributed by atoms with Gasteiger partial charge in [0.15, 0.2) is 18.1 Å². The lowest BCUT2D eigenvalue weighted by molar-refractivity contribution is -0.274. The van der Waals surface area contributed by atoms with E-state index >= 15 is 0 Å². The Hall–Kier alpha value is -3.41. The molecule has 1 amide bonds. The minimum Gasteiger partial charge on any atom is -0.467 e. The van der Waals surface area contributed by atoms with Crippen molar-refractivity contribution in [2.45, 2.75) is 12.5 Å². The highest BCUT2D eigenvalue weighted by atomic mass is 35.5. The van der Waals surface area contributed by atoms with E-state index in [0.29, 0.717) is 6.07 Å². The van der Waals surface area contributed by atoms with Gasteiger partial charge < -0.3 is 14.8 Å². The molecule has 0 radical (unpaired) electrons. The molecule has 0 saturated heterocycles. The number of amides is 1. The largest absolute Gasteiger partial charge is 0.573 e. The van der Waals surface area contributed by atoms with Crippen molar-refractivity contribution in [3.8, 4) is 17.3 Å². The van der Waals surface area contributed by atoms with Gasteiger partial charge in [-0.25, -0.2) is 0 Å². The molecule has 0 saturated carbocycles. The molecule has 13 heteroatoms. The summed E-state index contributed by atoms with van der Waals surface area (Å²) in [6.45, 7) is -0.839. The van der Waals surface area contributed by atoms with E-state index in [-0.39, 0.29) is 16.4 Å². The van der Waals surface area contributed by atoms with E-state index < -0.39 is 42.4 Å². The Bertz CT molecular complexity index is 1110. The third kappa shape index (κ3) is 5.84. The summed E-state index contributed by atoms with van der Waals surface area (Å²) in [6.07, 6.45) is -9.80. The van der Waals surface area contributed by atoms with Crippen LogP contribution in [0.4, 0.5) is 32.0 Å². The van der Waals surface area contributed by atoms with Gasteiger partial charge in [-0.2, -0.15) is 23.0 Å². The summed E-state index contributed by atoms with van der Waals surface area (Å²) < 4.78 is 86.6. The van der Waals surface area contributed by atoms with E-state index in [2.05, 4.69) is 15.2 Å². The average Bonchev–Trinajstić information content (AvgIpc) is 3.12. The molecule has 6 nitrogen and oxygen atoms in total. The number of hydrogen-bond acceptors (Lipinski definition) is 4. The minimum absolute atomic E-state index is 0.0593. The topological polar surface area (TPSA) is 65.4 Å².